The smallest absolute Gasteiger partial charge is 0.303 e. The molecule has 1 unspecified atom stereocenters. The van der Waals surface area contributed by atoms with Crippen LogP contribution in [0.3, 0.4) is 0 Å². The number of piperidine rings is 1. The maximum absolute atomic E-state index is 13.2. The number of carbonyl (C=O) groups excluding carboxylic acids is 1. The van der Waals surface area contributed by atoms with Crippen molar-refractivity contribution in [3.05, 3.63) is 34.9 Å². The van der Waals surface area contributed by atoms with Crippen LogP contribution in [0.1, 0.15) is 42.5 Å². The van der Waals surface area contributed by atoms with Crippen LogP contribution in [-0.2, 0) is 17.1 Å². The summed E-state index contributed by atoms with van der Waals surface area (Å²) in [4.78, 5) is 12.5. The van der Waals surface area contributed by atoms with Crippen LogP contribution in [0.25, 0.3) is 0 Å². The fourth-order valence-electron chi connectivity index (χ4n) is 2.98. The number of alkyl halides is 6. The molecule has 1 aliphatic heterocycles. The lowest BCUT2D eigenvalue weighted by Gasteiger charge is -2.35. The molecule has 134 valence electrons. The Bertz CT molecular complexity index is 587. The van der Waals surface area contributed by atoms with E-state index >= 15 is 0 Å². The van der Waals surface area contributed by atoms with E-state index in [1.807, 2.05) is 0 Å². The van der Waals surface area contributed by atoms with Crippen molar-refractivity contribution in [2.45, 2.75) is 38.2 Å². The van der Waals surface area contributed by atoms with Crippen molar-refractivity contribution in [1.29, 1.82) is 0 Å². The summed E-state index contributed by atoms with van der Waals surface area (Å²) in [6.07, 6.45) is -7.79. The van der Waals surface area contributed by atoms with E-state index in [1.54, 1.807) is 11.8 Å². The number of halogens is 6. The van der Waals surface area contributed by atoms with Gasteiger partial charge in [0.15, 0.2) is 0 Å². The van der Waals surface area contributed by atoms with Crippen LogP contribution in [-0.4, -0.2) is 24.3 Å². The summed E-state index contributed by atoms with van der Waals surface area (Å²) < 4.78 is 77.8. The molecule has 0 aliphatic carbocycles. The van der Waals surface area contributed by atoms with Crippen LogP contribution in [0.2, 0.25) is 0 Å². The third-order valence-electron chi connectivity index (χ3n) is 4.45. The summed E-state index contributed by atoms with van der Waals surface area (Å²) in [5.74, 6) is -0.108. The first-order valence-corrected chi connectivity index (χ1v) is 7.51. The third-order valence-corrected chi connectivity index (χ3v) is 4.45. The van der Waals surface area contributed by atoms with Gasteiger partial charge in [-0.3, -0.25) is 4.90 Å². The zero-order valence-corrected chi connectivity index (χ0v) is 12.9. The summed E-state index contributed by atoms with van der Waals surface area (Å²) in [7, 11) is 0. The minimum Gasteiger partial charge on any atom is -0.303 e. The second kappa shape index (κ2) is 6.74. The van der Waals surface area contributed by atoms with Crippen molar-refractivity contribution in [2.75, 3.05) is 13.1 Å². The Balaban J connectivity index is 2.33. The highest BCUT2D eigenvalue weighted by atomic mass is 19.4. The summed E-state index contributed by atoms with van der Waals surface area (Å²) in [6.45, 7) is 2.41. The van der Waals surface area contributed by atoms with E-state index in [0.29, 0.717) is 32.0 Å². The molecule has 1 saturated heterocycles. The second-order valence-electron chi connectivity index (χ2n) is 5.98. The van der Waals surface area contributed by atoms with Gasteiger partial charge in [-0.2, -0.15) is 26.3 Å². The fourth-order valence-corrected chi connectivity index (χ4v) is 2.98. The zero-order chi connectivity index (χ0) is 18.1. The number of nitrogens with zero attached hydrogens (tertiary/aromatic N) is 1. The Hall–Kier alpha value is -1.57. The lowest BCUT2D eigenvalue weighted by atomic mass is 9.93. The number of rotatable bonds is 3. The van der Waals surface area contributed by atoms with Crippen molar-refractivity contribution in [1.82, 2.24) is 4.90 Å². The molecule has 2 nitrogen and oxygen atoms in total. The van der Waals surface area contributed by atoms with E-state index in [9.17, 15) is 31.1 Å². The molecule has 1 aromatic rings. The largest absolute Gasteiger partial charge is 0.416 e. The Morgan fingerprint density at radius 3 is 2.12 bits per heavy atom. The summed E-state index contributed by atoms with van der Waals surface area (Å²) in [6, 6.07) is 1.07. The Morgan fingerprint density at radius 2 is 1.67 bits per heavy atom. The predicted octanol–water partition coefficient (Wildman–Crippen LogP) is 4.70. The Kier molecular flexibility index (Phi) is 5.27. The summed E-state index contributed by atoms with van der Waals surface area (Å²) in [5.41, 5.74) is -2.76. The van der Waals surface area contributed by atoms with Crippen LogP contribution >= 0.6 is 0 Å². The van der Waals surface area contributed by atoms with E-state index in [0.717, 1.165) is 12.4 Å². The van der Waals surface area contributed by atoms with E-state index in [1.165, 1.54) is 0 Å². The molecule has 0 aromatic heterocycles. The third kappa shape index (κ3) is 4.09. The van der Waals surface area contributed by atoms with Gasteiger partial charge >= 0.3 is 12.4 Å². The maximum Gasteiger partial charge on any atom is 0.416 e. The van der Waals surface area contributed by atoms with E-state index in [2.05, 4.69) is 0 Å². The van der Waals surface area contributed by atoms with Gasteiger partial charge in [0.05, 0.1) is 11.1 Å². The molecular formula is C16H17F6NO. The van der Waals surface area contributed by atoms with Gasteiger partial charge in [-0.25, -0.2) is 0 Å². The van der Waals surface area contributed by atoms with Crippen molar-refractivity contribution >= 4 is 6.29 Å². The molecular weight excluding hydrogens is 336 g/mol. The number of carbonyl (C=O) groups is 1. The molecule has 1 heterocycles. The predicted molar refractivity (Wildman–Crippen MR) is 75.2 cm³/mol. The highest BCUT2D eigenvalue weighted by Gasteiger charge is 2.39. The molecule has 2 rings (SSSR count). The minimum atomic E-state index is -4.87. The van der Waals surface area contributed by atoms with Gasteiger partial charge in [0.1, 0.15) is 6.29 Å². The maximum atomic E-state index is 13.2. The van der Waals surface area contributed by atoms with Gasteiger partial charge < -0.3 is 4.79 Å². The molecule has 0 amide bonds. The van der Waals surface area contributed by atoms with E-state index in [-0.39, 0.29) is 17.5 Å². The lowest BCUT2D eigenvalue weighted by molar-refractivity contribution is -0.143. The van der Waals surface area contributed by atoms with Crippen molar-refractivity contribution in [2.24, 2.45) is 5.92 Å². The van der Waals surface area contributed by atoms with Crippen LogP contribution in [0.4, 0.5) is 26.3 Å². The molecule has 8 heteroatoms. The Morgan fingerprint density at radius 1 is 1.08 bits per heavy atom. The molecule has 1 atom stereocenters. The Labute approximate surface area is 135 Å². The first-order chi connectivity index (χ1) is 11.0. The van der Waals surface area contributed by atoms with Crippen molar-refractivity contribution in [3.8, 4) is 0 Å². The zero-order valence-electron chi connectivity index (χ0n) is 12.9. The first-order valence-electron chi connectivity index (χ1n) is 7.51. The van der Waals surface area contributed by atoms with Gasteiger partial charge in [-0.15, -0.1) is 0 Å². The first kappa shape index (κ1) is 18.8. The molecule has 0 spiro atoms. The lowest BCUT2D eigenvalue weighted by Crippen LogP contribution is -2.36. The van der Waals surface area contributed by atoms with Gasteiger partial charge in [0.2, 0.25) is 0 Å². The van der Waals surface area contributed by atoms with Gasteiger partial charge in [0.25, 0.3) is 0 Å². The minimum absolute atomic E-state index is 0.108. The average Bonchev–Trinajstić information content (AvgIpc) is 2.52. The molecule has 0 N–H and O–H groups in total. The molecule has 0 radical (unpaired) electrons. The highest BCUT2D eigenvalue weighted by Crippen LogP contribution is 2.40. The highest BCUT2D eigenvalue weighted by molar-refractivity contribution is 5.53. The van der Waals surface area contributed by atoms with Gasteiger partial charge in [0, 0.05) is 12.0 Å². The van der Waals surface area contributed by atoms with Crippen LogP contribution in [0.15, 0.2) is 18.2 Å². The molecule has 0 saturated carbocycles. The van der Waals surface area contributed by atoms with Gasteiger partial charge in [-0.1, -0.05) is 6.07 Å². The molecule has 0 bridgehead atoms. The number of hydrogen-bond acceptors (Lipinski definition) is 2. The summed E-state index contributed by atoms with van der Waals surface area (Å²) in [5, 5.41) is 0. The van der Waals surface area contributed by atoms with Crippen molar-refractivity contribution in [3.63, 3.8) is 0 Å². The number of likely N-dealkylation sites (tertiary alicyclic amines) is 1. The SMILES string of the molecule is CC(c1ccc(C(F)(F)F)cc1C(F)(F)F)N1CCC(C=O)CC1. The second-order valence-corrected chi connectivity index (χ2v) is 5.98. The standard InChI is InChI=1S/C16H17F6NO/c1-10(23-6-4-11(9-24)5-7-23)13-3-2-12(15(17,18)19)8-14(13)16(20,21)22/h2-3,8-11H,4-7H2,1H3. The monoisotopic (exact) mass is 353 g/mol. The quantitative estimate of drug-likeness (QED) is 0.580. The van der Waals surface area contributed by atoms with Crippen LogP contribution < -0.4 is 0 Å². The molecule has 1 aliphatic rings. The van der Waals surface area contributed by atoms with Crippen LogP contribution in [0.5, 0.6) is 0 Å². The topological polar surface area (TPSA) is 20.3 Å². The molecule has 1 aromatic carbocycles. The van der Waals surface area contributed by atoms with Gasteiger partial charge in [-0.05, 0) is 50.6 Å². The fraction of sp³-hybridized carbons (Fsp3) is 0.562. The molecule has 24 heavy (non-hydrogen) atoms. The van der Waals surface area contributed by atoms with Crippen LogP contribution in [0, 0.1) is 5.92 Å². The molecule has 1 fully saturated rings. The number of hydrogen-bond donors (Lipinski definition) is 0. The average molecular weight is 353 g/mol. The van der Waals surface area contributed by atoms with E-state index < -0.39 is 29.5 Å². The summed E-state index contributed by atoms with van der Waals surface area (Å²) >= 11 is 0. The van der Waals surface area contributed by atoms with Crippen molar-refractivity contribution < 1.29 is 31.1 Å². The normalized spacial score (nSPS) is 19.3. The number of benzene rings is 1. The van der Waals surface area contributed by atoms with E-state index in [4.69, 9.17) is 0 Å². The number of aldehydes is 1.